The summed E-state index contributed by atoms with van der Waals surface area (Å²) in [6, 6.07) is 0. The number of esters is 7. The fourth-order valence-corrected chi connectivity index (χ4v) is 4.98. The van der Waals surface area contributed by atoms with Crippen LogP contribution in [0.15, 0.2) is 0 Å². The van der Waals surface area contributed by atoms with Crippen LogP contribution in [-0.4, -0.2) is 116 Å². The van der Waals surface area contributed by atoms with Gasteiger partial charge in [-0.2, -0.15) is 0 Å². The number of rotatable bonds is 13. The zero-order valence-electron chi connectivity index (χ0n) is 26.3. The van der Waals surface area contributed by atoms with E-state index in [2.05, 4.69) is 0 Å². The minimum Gasteiger partial charge on any atom is -0.566 e. The number of hydrogen-bond acceptors (Lipinski definition) is 20. The summed E-state index contributed by atoms with van der Waals surface area (Å²) >= 11 is 0. The van der Waals surface area contributed by atoms with E-state index in [1.165, 1.54) is 0 Å². The lowest BCUT2D eigenvalue weighted by molar-refractivity contribution is -0.356. The first-order chi connectivity index (χ1) is 21.9. The maximum Gasteiger partial charge on any atom is 0.491 e. The van der Waals surface area contributed by atoms with E-state index in [4.69, 9.17) is 51.9 Å². The van der Waals surface area contributed by atoms with Crippen molar-refractivity contribution < 1.29 is 94.9 Å². The van der Waals surface area contributed by atoms with E-state index in [-0.39, 0.29) is 0 Å². The van der Waals surface area contributed by atoms with E-state index in [1.54, 1.807) is 0 Å². The first-order valence-electron chi connectivity index (χ1n) is 13.8. The van der Waals surface area contributed by atoms with Gasteiger partial charge in [-0.15, -0.1) is 4.52 Å². The molecule has 2 fully saturated rings. The lowest BCUT2D eigenvalue weighted by Crippen LogP contribution is -2.67. The number of ether oxygens (including phenoxy) is 10. The van der Waals surface area contributed by atoms with E-state index >= 15 is 0 Å². The van der Waals surface area contributed by atoms with Crippen LogP contribution in [0.1, 0.15) is 48.5 Å². The average molecular weight is 699 g/mol. The van der Waals surface area contributed by atoms with Gasteiger partial charge in [-0.05, 0) is 4.57 Å². The predicted molar refractivity (Wildman–Crippen MR) is 142 cm³/mol. The van der Waals surface area contributed by atoms with E-state index in [1.807, 2.05) is 0 Å². The molecule has 0 bridgehead atoms. The van der Waals surface area contributed by atoms with Crippen LogP contribution in [0.25, 0.3) is 0 Å². The number of hydrogen-bond donors (Lipinski definition) is 0. The molecule has 0 aromatic heterocycles. The number of carbonyl (C=O) groups is 7. The highest BCUT2D eigenvalue weighted by Crippen LogP contribution is 2.36. The van der Waals surface area contributed by atoms with Gasteiger partial charge in [-0.3, -0.25) is 33.6 Å². The maximum atomic E-state index is 12.3. The van der Waals surface area contributed by atoms with Crippen molar-refractivity contribution in [1.29, 1.82) is 0 Å². The van der Waals surface area contributed by atoms with Gasteiger partial charge < -0.3 is 52.3 Å². The Morgan fingerprint density at radius 1 is 0.511 bits per heavy atom. The third-order valence-corrected chi connectivity index (χ3v) is 6.46. The van der Waals surface area contributed by atoms with Crippen molar-refractivity contribution in [1.82, 2.24) is 0 Å². The Kier molecular flexibility index (Phi) is 15.0. The Morgan fingerprint density at radius 2 is 0.851 bits per heavy atom. The highest BCUT2D eigenvalue weighted by atomic mass is 31.1. The molecule has 20 nitrogen and oxygen atoms in total. The van der Waals surface area contributed by atoms with Gasteiger partial charge >= 0.3 is 50.0 Å². The van der Waals surface area contributed by atoms with Gasteiger partial charge in [0.2, 0.25) is 0 Å². The van der Waals surface area contributed by atoms with Crippen molar-refractivity contribution in [3.63, 3.8) is 0 Å². The molecule has 47 heavy (non-hydrogen) atoms. The summed E-state index contributed by atoms with van der Waals surface area (Å²) in [5.41, 5.74) is 0. The molecular weight excluding hydrogens is 663 g/mol. The summed E-state index contributed by atoms with van der Waals surface area (Å²) in [4.78, 5) is 95.6. The zero-order chi connectivity index (χ0) is 35.6. The lowest BCUT2D eigenvalue weighted by atomic mass is 9.96. The Hall–Kier alpha value is -3.81. The fraction of sp³-hybridized carbons (Fsp3) is 0.731. The molecule has 21 heteroatoms. The van der Waals surface area contributed by atoms with Gasteiger partial charge in [0.1, 0.15) is 31.5 Å². The van der Waals surface area contributed by atoms with Crippen molar-refractivity contribution in [3.8, 4) is 0 Å². The second-order valence-electron chi connectivity index (χ2n) is 9.99. The van der Waals surface area contributed by atoms with Gasteiger partial charge in [-0.25, -0.2) is 0 Å². The molecule has 0 saturated carbocycles. The fourth-order valence-electron chi connectivity index (χ4n) is 4.64. The van der Waals surface area contributed by atoms with Crippen molar-refractivity contribution >= 4 is 50.0 Å². The second-order valence-corrected chi connectivity index (χ2v) is 10.6. The Labute approximate surface area is 268 Å². The Bertz CT molecular complexity index is 1200. The van der Waals surface area contributed by atoms with Crippen LogP contribution < -0.4 is 4.89 Å². The molecule has 0 radical (unpaired) electrons. The topological polar surface area (TPSA) is 261 Å². The molecule has 0 aromatic carbocycles. The molecule has 0 spiro atoms. The SMILES string of the molecule is CC(=O)OC[C@H]1O[C@@H](O[C@H]2[C@H](OC(C)=O)[C@@H](OC(C)=O)[C@H](O[P+](=O)[O-])O[C@@H]2COC(C)=O)[C@H](OC(C)=O)[C@@H](OC(C)=O)[C@H]1OC(C)=O. The molecule has 11 atom stereocenters. The molecule has 1 unspecified atom stereocenters. The summed E-state index contributed by atoms with van der Waals surface area (Å²) in [7, 11) is -3.66. The van der Waals surface area contributed by atoms with Crippen LogP contribution in [0.2, 0.25) is 0 Å². The van der Waals surface area contributed by atoms with E-state index < -0.39 is 125 Å². The second kappa shape index (κ2) is 17.9. The summed E-state index contributed by atoms with van der Waals surface area (Å²) in [5, 5.41) is 0. The standard InChI is InChI=1S/C26H35O20P/c1-10(27)36-8-17-19(38-12(3)29)21(39-13(4)30)23(41-15(6)32)25(43-17)45-20-18(9-37-11(2)28)44-26(46-47(34)35)24(42-16(7)33)22(20)40-14(5)31/h17-26H,8-9H2,1-7H3/t17-,18-,19+,20-,21+,22+,23-,24-,25+,26+/m1/s1. The molecular formula is C26H35O20P. The van der Waals surface area contributed by atoms with Crippen LogP contribution in [0.4, 0.5) is 0 Å². The van der Waals surface area contributed by atoms with Crippen LogP contribution in [0.5, 0.6) is 0 Å². The minimum atomic E-state index is -3.66. The monoisotopic (exact) mass is 698 g/mol. The van der Waals surface area contributed by atoms with Crippen LogP contribution in [0.3, 0.4) is 0 Å². The third-order valence-electron chi connectivity index (χ3n) is 6.08. The van der Waals surface area contributed by atoms with E-state index in [0.29, 0.717) is 0 Å². The molecule has 0 amide bonds. The van der Waals surface area contributed by atoms with Gasteiger partial charge in [0.25, 0.3) is 6.29 Å². The van der Waals surface area contributed by atoms with Crippen molar-refractivity contribution in [2.45, 2.75) is 110 Å². The van der Waals surface area contributed by atoms with Crippen molar-refractivity contribution in [3.05, 3.63) is 0 Å². The zero-order valence-corrected chi connectivity index (χ0v) is 27.2. The quantitative estimate of drug-likeness (QED) is 0.122. The first kappa shape index (κ1) is 39.4. The number of carbonyl (C=O) groups excluding carboxylic acids is 7. The van der Waals surface area contributed by atoms with Crippen molar-refractivity contribution in [2.75, 3.05) is 13.2 Å². The van der Waals surface area contributed by atoms with E-state index in [9.17, 15) is 43.0 Å². The smallest absolute Gasteiger partial charge is 0.491 e. The van der Waals surface area contributed by atoms with Crippen molar-refractivity contribution in [2.24, 2.45) is 0 Å². The summed E-state index contributed by atoms with van der Waals surface area (Å²) in [5.74, 6) is -6.43. The Morgan fingerprint density at radius 3 is 1.26 bits per heavy atom. The third kappa shape index (κ3) is 12.4. The molecule has 264 valence electrons. The normalized spacial score (nSPS) is 30.5. The highest BCUT2D eigenvalue weighted by Gasteiger charge is 2.58. The Balaban J connectivity index is 2.73. The first-order valence-corrected chi connectivity index (χ1v) is 14.9. The van der Waals surface area contributed by atoms with Gasteiger partial charge in [0, 0.05) is 48.5 Å². The summed E-state index contributed by atoms with van der Waals surface area (Å²) in [6.07, 6.45) is -17.2. The lowest BCUT2D eigenvalue weighted by Gasteiger charge is -2.48. The molecule has 2 saturated heterocycles. The molecule has 0 aromatic rings. The van der Waals surface area contributed by atoms with E-state index in [0.717, 1.165) is 48.5 Å². The van der Waals surface area contributed by atoms with Gasteiger partial charge in [0.15, 0.2) is 36.8 Å². The average Bonchev–Trinajstić information content (AvgIpc) is 2.91. The van der Waals surface area contributed by atoms with Crippen LogP contribution in [0, 0.1) is 0 Å². The molecule has 2 aliphatic rings. The van der Waals surface area contributed by atoms with Gasteiger partial charge in [-0.1, -0.05) is 0 Å². The molecule has 0 N–H and O–H groups in total. The van der Waals surface area contributed by atoms with Gasteiger partial charge in [0.05, 0.1) is 0 Å². The molecule has 2 aliphatic heterocycles. The van der Waals surface area contributed by atoms with Crippen LogP contribution in [-0.2, 0) is 90.0 Å². The predicted octanol–water partition coefficient (Wildman–Crippen LogP) is -1.36. The minimum absolute atomic E-state index is 0.619. The molecule has 2 heterocycles. The highest BCUT2D eigenvalue weighted by molar-refractivity contribution is 7.30. The molecule has 2 rings (SSSR count). The molecule has 0 aliphatic carbocycles. The van der Waals surface area contributed by atoms with Crippen LogP contribution >= 0.6 is 8.25 Å². The maximum absolute atomic E-state index is 12.3. The summed E-state index contributed by atoms with van der Waals surface area (Å²) in [6.45, 7) is 5.66. The summed E-state index contributed by atoms with van der Waals surface area (Å²) < 4.78 is 70.6. The largest absolute Gasteiger partial charge is 0.566 e.